The zero-order valence-electron chi connectivity index (χ0n) is 9.44. The number of rotatable bonds is 2. The molecule has 1 aromatic heterocycles. The van der Waals surface area contributed by atoms with Gasteiger partial charge in [-0.2, -0.15) is 0 Å². The van der Waals surface area contributed by atoms with Gasteiger partial charge in [-0.25, -0.2) is 4.79 Å². The highest BCUT2D eigenvalue weighted by molar-refractivity contribution is 6.04. The fraction of sp³-hybridized carbons (Fsp3) is 0.167. The van der Waals surface area contributed by atoms with E-state index >= 15 is 0 Å². The molecule has 2 rings (SSSR count). The number of carbonyl (C=O) groups excluding carboxylic acids is 2. The molecule has 1 N–H and O–H groups in total. The summed E-state index contributed by atoms with van der Waals surface area (Å²) in [5, 5.41) is 0.729. The quantitative estimate of drug-likeness (QED) is 0.635. The largest absolute Gasteiger partial charge is 0.465 e. The fourth-order valence-corrected chi connectivity index (χ4v) is 1.61. The van der Waals surface area contributed by atoms with Crippen LogP contribution < -0.4 is 4.74 Å². The van der Waals surface area contributed by atoms with E-state index in [1.165, 1.54) is 14.0 Å². The molecule has 0 spiro atoms. The highest BCUT2D eigenvalue weighted by Crippen LogP contribution is 2.23. The lowest BCUT2D eigenvalue weighted by atomic mass is 10.2. The summed E-state index contributed by atoms with van der Waals surface area (Å²) in [4.78, 5) is 25.2. The highest BCUT2D eigenvalue weighted by atomic mass is 16.5. The third kappa shape index (κ3) is 2.13. The molecule has 5 nitrogen and oxygen atoms in total. The summed E-state index contributed by atoms with van der Waals surface area (Å²) in [6, 6.07) is 4.99. The molecule has 88 valence electrons. The van der Waals surface area contributed by atoms with Crippen LogP contribution in [0.4, 0.5) is 0 Å². The molecule has 0 atom stereocenters. The third-order valence-corrected chi connectivity index (χ3v) is 2.32. The van der Waals surface area contributed by atoms with Gasteiger partial charge >= 0.3 is 11.9 Å². The monoisotopic (exact) mass is 233 g/mol. The van der Waals surface area contributed by atoms with Crippen molar-refractivity contribution < 1.29 is 19.1 Å². The second-order valence-electron chi connectivity index (χ2n) is 3.49. The fourth-order valence-electron chi connectivity index (χ4n) is 1.61. The standard InChI is InChI=1S/C12H11NO4/c1-7(14)17-8-3-4-9-10(12(15)16-2)6-13-11(9)5-8/h3-6,13H,1-2H3. The molecule has 1 aromatic carbocycles. The van der Waals surface area contributed by atoms with Crippen LogP contribution in [0.3, 0.4) is 0 Å². The average Bonchev–Trinajstić information content (AvgIpc) is 2.70. The molecule has 0 aliphatic carbocycles. The summed E-state index contributed by atoms with van der Waals surface area (Å²) < 4.78 is 9.60. The van der Waals surface area contributed by atoms with Gasteiger partial charge in [-0.05, 0) is 12.1 Å². The van der Waals surface area contributed by atoms with Crippen LogP contribution in [0.2, 0.25) is 0 Å². The van der Waals surface area contributed by atoms with E-state index in [4.69, 9.17) is 4.74 Å². The molecule has 5 heteroatoms. The first kappa shape index (κ1) is 11.2. The van der Waals surface area contributed by atoms with E-state index in [0.717, 1.165) is 5.39 Å². The Morgan fingerprint density at radius 3 is 2.71 bits per heavy atom. The van der Waals surface area contributed by atoms with E-state index in [-0.39, 0.29) is 5.97 Å². The van der Waals surface area contributed by atoms with Crippen molar-refractivity contribution in [3.63, 3.8) is 0 Å². The molecular formula is C12H11NO4. The molecule has 1 heterocycles. The number of aromatic nitrogens is 1. The Bertz CT molecular complexity index is 585. The van der Waals surface area contributed by atoms with Crippen molar-refractivity contribution in [2.75, 3.05) is 7.11 Å². The Balaban J connectivity index is 2.44. The number of aromatic amines is 1. The summed E-state index contributed by atoms with van der Waals surface area (Å²) in [6.45, 7) is 1.33. The lowest BCUT2D eigenvalue weighted by Crippen LogP contribution is -2.01. The smallest absolute Gasteiger partial charge is 0.340 e. The number of fused-ring (bicyclic) bond motifs is 1. The molecule has 0 unspecified atom stereocenters. The second kappa shape index (κ2) is 4.29. The first-order chi connectivity index (χ1) is 8.11. The van der Waals surface area contributed by atoms with Gasteiger partial charge in [-0.15, -0.1) is 0 Å². The van der Waals surface area contributed by atoms with Gasteiger partial charge in [0.1, 0.15) is 5.75 Å². The zero-order chi connectivity index (χ0) is 12.4. The van der Waals surface area contributed by atoms with Crippen LogP contribution in [0, 0.1) is 0 Å². The van der Waals surface area contributed by atoms with Crippen molar-refractivity contribution in [1.82, 2.24) is 4.98 Å². The Labute approximate surface area is 97.3 Å². The minimum absolute atomic E-state index is 0.385. The van der Waals surface area contributed by atoms with Gasteiger partial charge in [0.2, 0.25) is 0 Å². The average molecular weight is 233 g/mol. The molecule has 2 aromatic rings. The van der Waals surface area contributed by atoms with Gasteiger partial charge in [0.15, 0.2) is 0 Å². The van der Waals surface area contributed by atoms with Gasteiger partial charge < -0.3 is 14.5 Å². The minimum atomic E-state index is -0.406. The Kier molecular flexibility index (Phi) is 2.82. The molecule has 0 aliphatic rings. The number of hydrogen-bond acceptors (Lipinski definition) is 4. The van der Waals surface area contributed by atoms with E-state index in [0.29, 0.717) is 16.8 Å². The number of nitrogens with one attached hydrogen (secondary N) is 1. The topological polar surface area (TPSA) is 68.4 Å². The molecule has 0 aliphatic heterocycles. The maximum Gasteiger partial charge on any atom is 0.340 e. The normalized spacial score (nSPS) is 10.2. The Morgan fingerprint density at radius 2 is 2.06 bits per heavy atom. The van der Waals surface area contributed by atoms with Crippen LogP contribution in [-0.2, 0) is 9.53 Å². The number of H-pyrrole nitrogens is 1. The number of hydrogen-bond donors (Lipinski definition) is 1. The Hall–Kier alpha value is -2.30. The maximum atomic E-state index is 11.4. The van der Waals surface area contributed by atoms with E-state index in [1.54, 1.807) is 24.4 Å². The van der Waals surface area contributed by atoms with Crippen LogP contribution in [-0.4, -0.2) is 24.0 Å². The third-order valence-electron chi connectivity index (χ3n) is 2.32. The van der Waals surface area contributed by atoms with Gasteiger partial charge in [0.05, 0.1) is 12.7 Å². The molecule has 0 saturated heterocycles. The molecule has 17 heavy (non-hydrogen) atoms. The number of ether oxygens (including phenoxy) is 2. The zero-order valence-corrected chi connectivity index (χ0v) is 9.44. The summed E-state index contributed by atoms with van der Waals surface area (Å²) in [7, 11) is 1.33. The maximum absolute atomic E-state index is 11.4. The van der Waals surface area contributed by atoms with E-state index in [2.05, 4.69) is 9.72 Å². The van der Waals surface area contributed by atoms with Gasteiger partial charge in [-0.3, -0.25) is 4.79 Å². The van der Waals surface area contributed by atoms with E-state index < -0.39 is 5.97 Å². The SMILES string of the molecule is COC(=O)c1c[nH]c2cc(OC(C)=O)ccc12. The number of methoxy groups -OCH3 is 1. The lowest BCUT2D eigenvalue weighted by molar-refractivity contribution is -0.131. The van der Waals surface area contributed by atoms with Gasteiger partial charge in [0, 0.05) is 30.1 Å². The highest BCUT2D eigenvalue weighted by Gasteiger charge is 2.12. The minimum Gasteiger partial charge on any atom is -0.465 e. The molecule has 0 saturated carbocycles. The molecular weight excluding hydrogens is 222 g/mol. The van der Waals surface area contributed by atoms with Crippen LogP contribution in [0.5, 0.6) is 5.75 Å². The van der Waals surface area contributed by atoms with Crippen LogP contribution in [0.1, 0.15) is 17.3 Å². The second-order valence-corrected chi connectivity index (χ2v) is 3.49. The molecule has 0 amide bonds. The summed E-state index contributed by atoms with van der Waals surface area (Å²) in [5.41, 5.74) is 1.17. The van der Waals surface area contributed by atoms with Gasteiger partial charge in [-0.1, -0.05) is 0 Å². The van der Waals surface area contributed by atoms with Crippen LogP contribution >= 0.6 is 0 Å². The van der Waals surface area contributed by atoms with Gasteiger partial charge in [0.25, 0.3) is 0 Å². The summed E-state index contributed by atoms with van der Waals surface area (Å²) in [5.74, 6) is -0.358. The predicted molar refractivity (Wildman–Crippen MR) is 60.9 cm³/mol. The first-order valence-electron chi connectivity index (χ1n) is 4.99. The van der Waals surface area contributed by atoms with Crippen LogP contribution in [0.25, 0.3) is 10.9 Å². The lowest BCUT2D eigenvalue weighted by Gasteiger charge is -2.01. The number of benzene rings is 1. The Morgan fingerprint density at radius 1 is 1.29 bits per heavy atom. The number of carbonyl (C=O) groups is 2. The van der Waals surface area contributed by atoms with Crippen molar-refractivity contribution in [3.8, 4) is 5.75 Å². The van der Waals surface area contributed by atoms with E-state index in [1.807, 2.05) is 0 Å². The van der Waals surface area contributed by atoms with Crippen molar-refractivity contribution in [1.29, 1.82) is 0 Å². The van der Waals surface area contributed by atoms with Crippen LogP contribution in [0.15, 0.2) is 24.4 Å². The van der Waals surface area contributed by atoms with Crippen molar-refractivity contribution in [2.45, 2.75) is 6.92 Å². The molecule has 0 radical (unpaired) electrons. The van der Waals surface area contributed by atoms with E-state index in [9.17, 15) is 9.59 Å². The molecule has 0 fully saturated rings. The summed E-state index contributed by atoms with van der Waals surface area (Å²) in [6.07, 6.45) is 1.56. The first-order valence-corrected chi connectivity index (χ1v) is 4.99. The van der Waals surface area contributed by atoms with Crippen molar-refractivity contribution >= 4 is 22.8 Å². The van der Waals surface area contributed by atoms with Crippen molar-refractivity contribution in [3.05, 3.63) is 30.0 Å². The predicted octanol–water partition coefficient (Wildman–Crippen LogP) is 1.88. The summed E-state index contributed by atoms with van der Waals surface area (Å²) >= 11 is 0. The van der Waals surface area contributed by atoms with Crippen molar-refractivity contribution in [2.24, 2.45) is 0 Å². The number of esters is 2. The molecule has 0 bridgehead atoms.